The van der Waals surface area contributed by atoms with E-state index in [0.717, 1.165) is 51.1 Å². The van der Waals surface area contributed by atoms with Crippen LogP contribution in [-0.4, -0.2) is 29.8 Å². The van der Waals surface area contributed by atoms with E-state index in [0.29, 0.717) is 11.8 Å². The van der Waals surface area contributed by atoms with Gasteiger partial charge in [-0.25, -0.2) is 0 Å². The second-order valence-corrected chi connectivity index (χ2v) is 6.10. The van der Waals surface area contributed by atoms with E-state index in [2.05, 4.69) is 11.8 Å². The van der Waals surface area contributed by atoms with Gasteiger partial charge in [0.2, 0.25) is 5.91 Å². The van der Waals surface area contributed by atoms with Gasteiger partial charge in [0.05, 0.1) is 0 Å². The monoisotopic (exact) mass is 257 g/mol. The van der Waals surface area contributed by atoms with Crippen LogP contribution in [-0.2, 0) is 4.79 Å². The minimum Gasteiger partial charge on any atom is -0.342 e. The summed E-state index contributed by atoms with van der Waals surface area (Å²) in [5, 5.41) is 0. The number of rotatable bonds is 4. The Hall–Kier alpha value is -0.240. The van der Waals surface area contributed by atoms with Crippen molar-refractivity contribution in [1.29, 1.82) is 0 Å². The van der Waals surface area contributed by atoms with Gasteiger partial charge in [-0.15, -0.1) is 11.6 Å². The van der Waals surface area contributed by atoms with Gasteiger partial charge in [-0.05, 0) is 38.0 Å². The van der Waals surface area contributed by atoms with Crippen molar-refractivity contribution in [2.45, 2.75) is 51.9 Å². The summed E-state index contributed by atoms with van der Waals surface area (Å²) in [5.74, 6) is 1.81. The average Bonchev–Trinajstić information content (AvgIpc) is 2.98. The van der Waals surface area contributed by atoms with E-state index in [9.17, 15) is 4.79 Å². The largest absolute Gasteiger partial charge is 0.342 e. The van der Waals surface area contributed by atoms with Crippen molar-refractivity contribution >= 4 is 17.5 Å². The predicted molar refractivity (Wildman–Crippen MR) is 71.2 cm³/mol. The molecule has 1 saturated heterocycles. The molecule has 17 heavy (non-hydrogen) atoms. The smallest absolute Gasteiger partial charge is 0.228 e. The van der Waals surface area contributed by atoms with Gasteiger partial charge < -0.3 is 4.90 Å². The minimum atomic E-state index is -0.00411. The van der Waals surface area contributed by atoms with Crippen molar-refractivity contribution < 1.29 is 4.79 Å². The summed E-state index contributed by atoms with van der Waals surface area (Å²) >= 11 is 5.79. The molecule has 98 valence electrons. The Labute approximate surface area is 110 Å². The van der Waals surface area contributed by atoms with Gasteiger partial charge >= 0.3 is 0 Å². The van der Waals surface area contributed by atoms with Crippen LogP contribution in [0.1, 0.15) is 51.9 Å². The van der Waals surface area contributed by atoms with Crippen LogP contribution < -0.4 is 0 Å². The van der Waals surface area contributed by atoms with E-state index in [1.165, 1.54) is 12.8 Å². The van der Waals surface area contributed by atoms with Gasteiger partial charge in [0.15, 0.2) is 0 Å². The van der Waals surface area contributed by atoms with E-state index in [4.69, 9.17) is 11.6 Å². The van der Waals surface area contributed by atoms with Gasteiger partial charge in [0.25, 0.3) is 0 Å². The number of halogens is 1. The molecule has 0 bridgehead atoms. The predicted octanol–water partition coefficient (Wildman–Crippen LogP) is 3.43. The minimum absolute atomic E-state index is 0.00411. The molecule has 1 unspecified atom stereocenters. The van der Waals surface area contributed by atoms with Crippen LogP contribution in [0.25, 0.3) is 0 Å². The number of nitrogens with zero attached hydrogens (tertiary/aromatic N) is 1. The summed E-state index contributed by atoms with van der Waals surface area (Å²) in [6.45, 7) is 4.09. The van der Waals surface area contributed by atoms with Crippen LogP contribution in [0.2, 0.25) is 0 Å². The molecule has 2 rings (SSSR count). The number of likely N-dealkylation sites (tertiary alicyclic amines) is 1. The van der Waals surface area contributed by atoms with E-state index in [1.807, 2.05) is 0 Å². The van der Waals surface area contributed by atoms with E-state index < -0.39 is 0 Å². The lowest BCUT2D eigenvalue weighted by molar-refractivity contribution is -0.141. The SMILES string of the molecule is CCC1(C(=O)N2CCC(CCCl)C2)CCCC1. The molecular weight excluding hydrogens is 234 g/mol. The molecular formula is C14H24ClNO. The third-order valence-corrected chi connectivity index (χ3v) is 5.00. The first-order valence-electron chi connectivity index (χ1n) is 7.07. The van der Waals surface area contributed by atoms with Gasteiger partial charge in [0, 0.05) is 24.4 Å². The number of hydrogen-bond donors (Lipinski definition) is 0. The normalized spacial score (nSPS) is 27.6. The lowest BCUT2D eigenvalue weighted by Crippen LogP contribution is -2.41. The lowest BCUT2D eigenvalue weighted by atomic mass is 9.82. The van der Waals surface area contributed by atoms with Crippen molar-refractivity contribution in [1.82, 2.24) is 4.90 Å². The summed E-state index contributed by atoms with van der Waals surface area (Å²) in [5.41, 5.74) is -0.00411. The number of hydrogen-bond acceptors (Lipinski definition) is 1. The van der Waals surface area contributed by atoms with Gasteiger partial charge in [-0.1, -0.05) is 19.8 Å². The standard InChI is InChI=1S/C14H24ClNO/c1-2-14(7-3-4-8-14)13(17)16-10-6-12(11-16)5-9-15/h12H,2-11H2,1H3. The zero-order valence-corrected chi connectivity index (χ0v) is 11.6. The van der Waals surface area contributed by atoms with Crippen LogP contribution in [0, 0.1) is 11.3 Å². The van der Waals surface area contributed by atoms with Crippen LogP contribution in [0.5, 0.6) is 0 Å². The molecule has 0 spiro atoms. The van der Waals surface area contributed by atoms with Crippen molar-refractivity contribution in [2.75, 3.05) is 19.0 Å². The molecule has 1 heterocycles. The topological polar surface area (TPSA) is 20.3 Å². The molecule has 2 fully saturated rings. The molecule has 1 atom stereocenters. The number of carbonyl (C=O) groups is 1. The van der Waals surface area contributed by atoms with Gasteiger partial charge in [0.1, 0.15) is 0 Å². The number of carbonyl (C=O) groups excluding carboxylic acids is 1. The Morgan fingerprint density at radius 1 is 1.41 bits per heavy atom. The highest BCUT2D eigenvalue weighted by Crippen LogP contribution is 2.43. The summed E-state index contributed by atoms with van der Waals surface area (Å²) in [7, 11) is 0. The zero-order chi connectivity index (χ0) is 12.3. The summed E-state index contributed by atoms with van der Waals surface area (Å²) in [6.07, 6.45) is 7.92. The Morgan fingerprint density at radius 3 is 2.71 bits per heavy atom. The molecule has 1 aliphatic heterocycles. The Bertz CT molecular complexity index is 273. The molecule has 0 aromatic rings. The van der Waals surface area contributed by atoms with Crippen LogP contribution in [0.3, 0.4) is 0 Å². The summed E-state index contributed by atoms with van der Waals surface area (Å²) in [6, 6.07) is 0. The highest BCUT2D eigenvalue weighted by Gasteiger charge is 2.43. The summed E-state index contributed by atoms with van der Waals surface area (Å²) in [4.78, 5) is 14.8. The van der Waals surface area contributed by atoms with E-state index in [1.54, 1.807) is 0 Å². The molecule has 2 nitrogen and oxygen atoms in total. The van der Waals surface area contributed by atoms with Crippen LogP contribution >= 0.6 is 11.6 Å². The molecule has 1 saturated carbocycles. The van der Waals surface area contributed by atoms with E-state index in [-0.39, 0.29) is 5.41 Å². The molecule has 3 heteroatoms. The second-order valence-electron chi connectivity index (χ2n) is 5.72. The van der Waals surface area contributed by atoms with Gasteiger partial charge in [-0.2, -0.15) is 0 Å². The maximum absolute atomic E-state index is 12.6. The maximum Gasteiger partial charge on any atom is 0.228 e. The molecule has 1 aliphatic carbocycles. The fraction of sp³-hybridized carbons (Fsp3) is 0.929. The molecule has 1 amide bonds. The Balaban J connectivity index is 1.96. The van der Waals surface area contributed by atoms with Crippen molar-refractivity contribution in [3.05, 3.63) is 0 Å². The zero-order valence-electron chi connectivity index (χ0n) is 10.9. The first kappa shape index (κ1) is 13.2. The Kier molecular flexibility index (Phi) is 4.35. The average molecular weight is 258 g/mol. The van der Waals surface area contributed by atoms with Crippen LogP contribution in [0.15, 0.2) is 0 Å². The highest BCUT2D eigenvalue weighted by atomic mass is 35.5. The van der Waals surface area contributed by atoms with Crippen molar-refractivity contribution in [3.63, 3.8) is 0 Å². The molecule has 0 radical (unpaired) electrons. The Morgan fingerprint density at radius 2 is 2.12 bits per heavy atom. The summed E-state index contributed by atoms with van der Waals surface area (Å²) < 4.78 is 0. The van der Waals surface area contributed by atoms with Crippen molar-refractivity contribution in [2.24, 2.45) is 11.3 Å². The third-order valence-electron chi connectivity index (χ3n) is 4.78. The first-order chi connectivity index (χ1) is 8.22. The molecule has 0 N–H and O–H groups in total. The molecule has 0 aromatic heterocycles. The third kappa shape index (κ3) is 2.62. The fourth-order valence-corrected chi connectivity index (χ4v) is 3.82. The van der Waals surface area contributed by atoms with Crippen LogP contribution in [0.4, 0.5) is 0 Å². The quantitative estimate of drug-likeness (QED) is 0.707. The number of alkyl halides is 1. The molecule has 0 aromatic carbocycles. The second kappa shape index (κ2) is 5.60. The fourth-order valence-electron chi connectivity index (χ4n) is 3.51. The number of amides is 1. The van der Waals surface area contributed by atoms with Crippen molar-refractivity contribution in [3.8, 4) is 0 Å². The van der Waals surface area contributed by atoms with E-state index >= 15 is 0 Å². The maximum atomic E-state index is 12.6. The van der Waals surface area contributed by atoms with Gasteiger partial charge in [-0.3, -0.25) is 4.79 Å². The lowest BCUT2D eigenvalue weighted by Gasteiger charge is -2.31. The molecule has 2 aliphatic rings. The first-order valence-corrected chi connectivity index (χ1v) is 7.60. The highest BCUT2D eigenvalue weighted by molar-refractivity contribution is 6.17.